The van der Waals surface area contributed by atoms with Gasteiger partial charge in [0.15, 0.2) is 0 Å². The summed E-state index contributed by atoms with van der Waals surface area (Å²) in [5, 5.41) is 12.2. The van der Waals surface area contributed by atoms with Gasteiger partial charge in [-0.05, 0) is 28.5 Å². The molecule has 0 atom stereocenters. The summed E-state index contributed by atoms with van der Waals surface area (Å²) in [6.45, 7) is 0.0931. The Bertz CT molecular complexity index is 1080. The fourth-order valence-electron chi connectivity index (χ4n) is 3.34. The molecule has 116 valence electrons. The Kier molecular flexibility index (Phi) is 3.27. The Balaban J connectivity index is 1.92. The number of hydrogen-bond acceptors (Lipinski definition) is 3. The first-order valence-electron chi connectivity index (χ1n) is 7.88. The van der Waals surface area contributed by atoms with E-state index in [4.69, 9.17) is 0 Å². The van der Waals surface area contributed by atoms with Crippen LogP contribution in [0.3, 0.4) is 0 Å². The third-order valence-corrected chi connectivity index (χ3v) is 6.83. The Labute approximate surface area is 148 Å². The first kappa shape index (κ1) is 14.3. The second-order valence-electron chi connectivity index (χ2n) is 5.88. The monoisotopic (exact) mass is 346 g/mol. The van der Waals surface area contributed by atoms with Crippen LogP contribution in [0.25, 0.3) is 32.3 Å². The first-order valence-corrected chi connectivity index (χ1v) is 9.51. The van der Waals surface area contributed by atoms with Gasteiger partial charge in [0.25, 0.3) is 0 Å². The molecule has 0 aliphatic carbocycles. The first-order chi connectivity index (χ1) is 11.8. The molecule has 3 heteroatoms. The van der Waals surface area contributed by atoms with Gasteiger partial charge >= 0.3 is 0 Å². The lowest BCUT2D eigenvalue weighted by Crippen LogP contribution is -1.82. The molecule has 1 aliphatic rings. The fraction of sp³-hybridized carbons (Fsp3) is 0.0476. The van der Waals surface area contributed by atoms with Crippen LogP contribution in [0.2, 0.25) is 0 Å². The van der Waals surface area contributed by atoms with Gasteiger partial charge < -0.3 is 5.11 Å². The standard InChI is InChI=1S/C21H14OS2/c22-12-14-11-18-16-7-3-4-8-19(16)24-20-15-6-2-1-5-13(15)9-10-17(20)21(18)23-14/h1-11,22H,12H2. The molecule has 4 aromatic rings. The van der Waals surface area contributed by atoms with Gasteiger partial charge in [0, 0.05) is 30.7 Å². The van der Waals surface area contributed by atoms with E-state index in [9.17, 15) is 5.11 Å². The van der Waals surface area contributed by atoms with Crippen LogP contribution in [-0.4, -0.2) is 5.11 Å². The lowest BCUT2D eigenvalue weighted by molar-refractivity contribution is 0.285. The van der Waals surface area contributed by atoms with Gasteiger partial charge in [-0.15, -0.1) is 11.3 Å². The average Bonchev–Trinajstić information content (AvgIpc) is 3.01. The molecule has 24 heavy (non-hydrogen) atoms. The van der Waals surface area contributed by atoms with Crippen LogP contribution in [0.15, 0.2) is 76.5 Å². The third-order valence-electron chi connectivity index (χ3n) is 4.45. The summed E-state index contributed by atoms with van der Waals surface area (Å²) in [5.41, 5.74) is 3.77. The minimum atomic E-state index is 0.0931. The van der Waals surface area contributed by atoms with Crippen LogP contribution in [0.5, 0.6) is 0 Å². The maximum atomic E-state index is 9.63. The van der Waals surface area contributed by atoms with Gasteiger partial charge in [-0.25, -0.2) is 0 Å². The minimum absolute atomic E-state index is 0.0931. The van der Waals surface area contributed by atoms with Crippen molar-refractivity contribution in [3.8, 4) is 21.6 Å². The normalized spacial score (nSPS) is 12.4. The predicted octanol–water partition coefficient (Wildman–Crippen LogP) is 6.19. The number of rotatable bonds is 1. The number of aliphatic hydroxyl groups excluding tert-OH is 1. The lowest BCUT2D eigenvalue weighted by Gasteiger charge is -2.10. The van der Waals surface area contributed by atoms with Crippen LogP contribution in [-0.2, 0) is 6.61 Å². The molecule has 3 aromatic carbocycles. The number of aliphatic hydroxyl groups is 1. The second kappa shape index (κ2) is 5.49. The van der Waals surface area contributed by atoms with Crippen LogP contribution in [0, 0.1) is 0 Å². The highest BCUT2D eigenvalue weighted by molar-refractivity contribution is 8.00. The molecule has 1 N–H and O–H groups in total. The van der Waals surface area contributed by atoms with E-state index in [1.807, 2.05) is 11.8 Å². The molecule has 1 aromatic heterocycles. The molecule has 0 unspecified atom stereocenters. The molecule has 0 bridgehead atoms. The largest absolute Gasteiger partial charge is 0.391 e. The summed E-state index contributed by atoms with van der Waals surface area (Å²) in [5.74, 6) is 0. The van der Waals surface area contributed by atoms with E-state index in [0.717, 1.165) is 4.88 Å². The number of fused-ring (bicyclic) bond motifs is 7. The van der Waals surface area contributed by atoms with Crippen LogP contribution >= 0.6 is 23.1 Å². The van der Waals surface area contributed by atoms with E-state index < -0.39 is 0 Å². The molecular formula is C21H14OS2. The van der Waals surface area contributed by atoms with Crippen LogP contribution in [0.4, 0.5) is 0 Å². The minimum Gasteiger partial charge on any atom is -0.391 e. The van der Waals surface area contributed by atoms with E-state index >= 15 is 0 Å². The van der Waals surface area contributed by atoms with Crippen molar-refractivity contribution in [2.45, 2.75) is 16.4 Å². The van der Waals surface area contributed by atoms with Crippen molar-refractivity contribution in [1.29, 1.82) is 0 Å². The zero-order valence-corrected chi connectivity index (χ0v) is 14.5. The van der Waals surface area contributed by atoms with Crippen molar-refractivity contribution < 1.29 is 5.11 Å². The van der Waals surface area contributed by atoms with Gasteiger partial charge in [0.05, 0.1) is 6.61 Å². The molecule has 0 saturated heterocycles. The molecule has 0 fully saturated rings. The third kappa shape index (κ3) is 2.06. The smallest absolute Gasteiger partial charge is 0.0774 e. The number of hydrogen-bond donors (Lipinski definition) is 1. The van der Waals surface area contributed by atoms with Crippen LogP contribution < -0.4 is 0 Å². The quantitative estimate of drug-likeness (QED) is 0.390. The zero-order chi connectivity index (χ0) is 16.1. The number of thiophene rings is 1. The molecule has 2 heterocycles. The van der Waals surface area contributed by atoms with Crippen molar-refractivity contribution in [2.24, 2.45) is 0 Å². The van der Waals surface area contributed by atoms with Crippen molar-refractivity contribution in [3.05, 3.63) is 71.6 Å². The zero-order valence-electron chi connectivity index (χ0n) is 12.8. The predicted molar refractivity (Wildman–Crippen MR) is 103 cm³/mol. The Morgan fingerprint density at radius 3 is 2.54 bits per heavy atom. The summed E-state index contributed by atoms with van der Waals surface area (Å²) < 4.78 is 0. The second-order valence-corrected chi connectivity index (χ2v) is 8.06. The summed E-state index contributed by atoms with van der Waals surface area (Å²) >= 11 is 3.55. The topological polar surface area (TPSA) is 20.2 Å². The molecule has 1 aliphatic heterocycles. The van der Waals surface area contributed by atoms with Crippen molar-refractivity contribution in [2.75, 3.05) is 0 Å². The number of benzene rings is 3. The Hall–Kier alpha value is -2.07. The highest BCUT2D eigenvalue weighted by Crippen LogP contribution is 2.52. The van der Waals surface area contributed by atoms with Gasteiger partial charge in [-0.3, -0.25) is 0 Å². The van der Waals surface area contributed by atoms with E-state index in [-0.39, 0.29) is 6.61 Å². The van der Waals surface area contributed by atoms with E-state index in [0.29, 0.717) is 0 Å². The SMILES string of the molecule is OCc1cc2c(s1)-c1ccc3ccccc3c1Sc1ccccc1-2. The van der Waals surface area contributed by atoms with Crippen molar-refractivity contribution in [3.63, 3.8) is 0 Å². The molecule has 0 amide bonds. The van der Waals surface area contributed by atoms with E-state index in [1.165, 1.54) is 42.1 Å². The summed E-state index contributed by atoms with van der Waals surface area (Å²) in [6, 6.07) is 23.7. The van der Waals surface area contributed by atoms with Crippen molar-refractivity contribution >= 4 is 33.9 Å². The molecule has 1 nitrogen and oxygen atoms in total. The summed E-state index contributed by atoms with van der Waals surface area (Å²) in [4.78, 5) is 4.86. The molecule has 0 saturated carbocycles. The summed E-state index contributed by atoms with van der Waals surface area (Å²) in [7, 11) is 0. The van der Waals surface area contributed by atoms with Gasteiger partial charge in [0.2, 0.25) is 0 Å². The Morgan fingerprint density at radius 1 is 0.792 bits per heavy atom. The fourth-order valence-corrected chi connectivity index (χ4v) is 5.70. The van der Waals surface area contributed by atoms with Crippen LogP contribution in [0.1, 0.15) is 4.88 Å². The maximum absolute atomic E-state index is 9.63. The maximum Gasteiger partial charge on any atom is 0.0774 e. The van der Waals surface area contributed by atoms with Gasteiger partial charge in [-0.2, -0.15) is 0 Å². The average molecular weight is 346 g/mol. The highest BCUT2D eigenvalue weighted by Gasteiger charge is 2.23. The summed E-state index contributed by atoms with van der Waals surface area (Å²) in [6.07, 6.45) is 0. The van der Waals surface area contributed by atoms with Crippen molar-refractivity contribution in [1.82, 2.24) is 0 Å². The van der Waals surface area contributed by atoms with E-state index in [1.54, 1.807) is 11.3 Å². The molecule has 0 radical (unpaired) electrons. The Morgan fingerprint density at radius 2 is 1.62 bits per heavy atom. The molecular weight excluding hydrogens is 332 g/mol. The van der Waals surface area contributed by atoms with Gasteiger partial charge in [0.1, 0.15) is 0 Å². The molecule has 5 rings (SSSR count). The molecule has 0 spiro atoms. The lowest BCUT2D eigenvalue weighted by atomic mass is 10.0. The van der Waals surface area contributed by atoms with Gasteiger partial charge in [-0.1, -0.05) is 66.4 Å². The highest BCUT2D eigenvalue weighted by atomic mass is 32.2. The van der Waals surface area contributed by atoms with E-state index in [2.05, 4.69) is 66.7 Å².